The Labute approximate surface area is 124 Å². The summed E-state index contributed by atoms with van der Waals surface area (Å²) in [6.45, 7) is 2.70. The predicted molar refractivity (Wildman–Crippen MR) is 78.6 cm³/mol. The fourth-order valence-corrected chi connectivity index (χ4v) is 3.29. The van der Waals surface area contributed by atoms with E-state index in [1.165, 1.54) is 24.3 Å². The van der Waals surface area contributed by atoms with Crippen LogP contribution in [0.15, 0.2) is 29.2 Å². The van der Waals surface area contributed by atoms with Crippen molar-refractivity contribution < 1.29 is 18.3 Å². The van der Waals surface area contributed by atoms with Gasteiger partial charge in [-0.1, -0.05) is 11.8 Å². The summed E-state index contributed by atoms with van der Waals surface area (Å²) >= 11 is 0. The van der Waals surface area contributed by atoms with Crippen LogP contribution in [0.3, 0.4) is 0 Å². The van der Waals surface area contributed by atoms with Crippen molar-refractivity contribution in [3.8, 4) is 11.8 Å². The first kappa shape index (κ1) is 17.2. The van der Waals surface area contributed by atoms with Gasteiger partial charge in [0.15, 0.2) is 0 Å². The third kappa shape index (κ3) is 4.56. The van der Waals surface area contributed by atoms with Crippen LogP contribution in [-0.2, 0) is 14.8 Å². The van der Waals surface area contributed by atoms with Crippen molar-refractivity contribution in [2.45, 2.75) is 24.8 Å². The zero-order valence-electron chi connectivity index (χ0n) is 11.9. The first-order valence-corrected chi connectivity index (χ1v) is 7.73. The number of hydrogen-bond acceptors (Lipinski definition) is 4. The Morgan fingerprint density at radius 1 is 1.33 bits per heavy atom. The number of rotatable bonds is 5. The number of amides is 1. The quantitative estimate of drug-likeness (QED) is 0.742. The van der Waals surface area contributed by atoms with Crippen molar-refractivity contribution in [3.05, 3.63) is 29.8 Å². The van der Waals surface area contributed by atoms with Crippen LogP contribution < -0.4 is 5.73 Å². The molecule has 0 atom stereocenters. The molecule has 0 unspecified atom stereocenters. The Bertz CT molecular complexity index is 654. The molecule has 3 N–H and O–H groups in total. The second kappa shape index (κ2) is 7.22. The molecule has 1 aromatic rings. The lowest BCUT2D eigenvalue weighted by molar-refractivity contribution is -0.118. The van der Waals surface area contributed by atoms with E-state index in [2.05, 4.69) is 11.8 Å². The van der Waals surface area contributed by atoms with E-state index in [4.69, 9.17) is 10.8 Å². The lowest BCUT2D eigenvalue weighted by Gasteiger charge is -2.24. The maximum Gasteiger partial charge on any atom is 0.243 e. The van der Waals surface area contributed by atoms with Crippen LogP contribution in [0.2, 0.25) is 0 Å². The highest BCUT2D eigenvalue weighted by atomic mass is 32.2. The molecule has 0 aliphatic carbocycles. The summed E-state index contributed by atoms with van der Waals surface area (Å²) in [6.07, 6.45) is 0. The van der Waals surface area contributed by atoms with Gasteiger partial charge in [-0.15, -0.1) is 0 Å². The highest BCUT2D eigenvalue weighted by Gasteiger charge is 2.28. The number of hydrogen-bond donors (Lipinski definition) is 2. The van der Waals surface area contributed by atoms with E-state index in [-0.39, 0.29) is 18.0 Å². The van der Waals surface area contributed by atoms with Gasteiger partial charge in [0.1, 0.15) is 6.61 Å². The minimum absolute atomic E-state index is 0.0620. The predicted octanol–water partition coefficient (Wildman–Crippen LogP) is -0.0852. The maximum atomic E-state index is 12.5. The van der Waals surface area contributed by atoms with E-state index < -0.39 is 22.0 Å². The molecule has 6 nitrogen and oxygen atoms in total. The minimum atomic E-state index is -3.80. The van der Waals surface area contributed by atoms with E-state index >= 15 is 0 Å². The normalized spacial score (nSPS) is 11.3. The molecule has 0 saturated carbocycles. The zero-order chi connectivity index (χ0) is 16.0. The monoisotopic (exact) mass is 310 g/mol. The summed E-state index contributed by atoms with van der Waals surface area (Å²) in [7, 11) is -3.80. The van der Waals surface area contributed by atoms with E-state index in [9.17, 15) is 13.2 Å². The van der Waals surface area contributed by atoms with Gasteiger partial charge in [-0.25, -0.2) is 8.42 Å². The Morgan fingerprint density at radius 2 is 1.90 bits per heavy atom. The minimum Gasteiger partial charge on any atom is -0.384 e. The lowest BCUT2D eigenvalue weighted by Crippen LogP contribution is -2.42. The molecule has 0 saturated heterocycles. The summed E-state index contributed by atoms with van der Waals surface area (Å²) in [5, 5.41) is 8.61. The van der Waals surface area contributed by atoms with Gasteiger partial charge >= 0.3 is 0 Å². The number of carbonyl (C=O) groups is 1. The molecule has 0 aliphatic heterocycles. The van der Waals surface area contributed by atoms with Crippen LogP contribution in [-0.4, -0.2) is 42.9 Å². The van der Waals surface area contributed by atoms with Crippen molar-refractivity contribution in [1.29, 1.82) is 0 Å². The summed E-state index contributed by atoms with van der Waals surface area (Å²) in [5.41, 5.74) is 5.69. The SMILES string of the molecule is CC(C)N(CC(N)=O)S(=O)(=O)c1ccc(C#CCO)cc1. The van der Waals surface area contributed by atoms with E-state index in [0.29, 0.717) is 5.56 Å². The Kier molecular flexibility index (Phi) is 5.90. The van der Waals surface area contributed by atoms with Gasteiger partial charge in [-0.3, -0.25) is 4.79 Å². The highest BCUT2D eigenvalue weighted by molar-refractivity contribution is 7.89. The van der Waals surface area contributed by atoms with Gasteiger partial charge in [0.2, 0.25) is 15.9 Å². The molecular weight excluding hydrogens is 292 g/mol. The van der Waals surface area contributed by atoms with Crippen molar-refractivity contribution in [2.75, 3.05) is 13.2 Å². The molecule has 21 heavy (non-hydrogen) atoms. The zero-order valence-corrected chi connectivity index (χ0v) is 12.7. The third-order valence-corrected chi connectivity index (χ3v) is 4.70. The molecule has 0 heterocycles. The van der Waals surface area contributed by atoms with Crippen molar-refractivity contribution >= 4 is 15.9 Å². The van der Waals surface area contributed by atoms with Gasteiger partial charge in [0.25, 0.3) is 0 Å². The number of aliphatic hydroxyl groups is 1. The van der Waals surface area contributed by atoms with Crippen LogP contribution in [0.5, 0.6) is 0 Å². The standard InChI is InChI=1S/C14H18N2O4S/c1-11(2)16(10-14(15)18)21(19,20)13-7-5-12(6-8-13)4-3-9-17/h5-8,11,17H,9-10H2,1-2H3,(H2,15,18). The number of nitrogens with two attached hydrogens (primary N) is 1. The molecule has 1 aromatic carbocycles. The van der Waals surface area contributed by atoms with Gasteiger partial charge in [0, 0.05) is 11.6 Å². The van der Waals surface area contributed by atoms with Crippen molar-refractivity contribution in [1.82, 2.24) is 4.31 Å². The number of nitrogens with zero attached hydrogens (tertiary/aromatic N) is 1. The second-order valence-electron chi connectivity index (χ2n) is 4.59. The molecule has 7 heteroatoms. The number of carbonyl (C=O) groups excluding carboxylic acids is 1. The Hall–Kier alpha value is -1.88. The topological polar surface area (TPSA) is 101 Å². The second-order valence-corrected chi connectivity index (χ2v) is 6.49. The fraction of sp³-hybridized carbons (Fsp3) is 0.357. The highest BCUT2D eigenvalue weighted by Crippen LogP contribution is 2.18. The van der Waals surface area contributed by atoms with E-state index in [1.807, 2.05) is 0 Å². The van der Waals surface area contributed by atoms with Crippen molar-refractivity contribution in [3.63, 3.8) is 0 Å². The molecule has 1 amide bonds. The van der Waals surface area contributed by atoms with Gasteiger partial charge in [0.05, 0.1) is 11.4 Å². The number of sulfonamides is 1. The maximum absolute atomic E-state index is 12.5. The smallest absolute Gasteiger partial charge is 0.243 e. The van der Waals surface area contributed by atoms with Gasteiger partial charge in [-0.05, 0) is 38.1 Å². The summed E-state index contributed by atoms with van der Waals surface area (Å²) in [5.74, 6) is 4.44. The number of primary amides is 1. The first-order valence-electron chi connectivity index (χ1n) is 6.29. The van der Waals surface area contributed by atoms with Crippen LogP contribution in [0, 0.1) is 11.8 Å². The lowest BCUT2D eigenvalue weighted by atomic mass is 10.2. The summed E-state index contributed by atoms with van der Waals surface area (Å²) < 4.78 is 26.0. The molecule has 0 fully saturated rings. The largest absolute Gasteiger partial charge is 0.384 e. The Morgan fingerprint density at radius 3 is 2.33 bits per heavy atom. The number of aliphatic hydroxyl groups excluding tert-OH is 1. The van der Waals surface area contributed by atoms with Crippen LogP contribution in [0.1, 0.15) is 19.4 Å². The molecule has 0 aliphatic rings. The first-order chi connectivity index (χ1) is 9.78. The third-order valence-electron chi connectivity index (χ3n) is 2.66. The molecule has 0 radical (unpaired) electrons. The van der Waals surface area contributed by atoms with E-state index in [1.54, 1.807) is 13.8 Å². The van der Waals surface area contributed by atoms with Gasteiger partial charge in [-0.2, -0.15) is 4.31 Å². The molecule has 0 aromatic heterocycles. The van der Waals surface area contributed by atoms with Crippen LogP contribution >= 0.6 is 0 Å². The summed E-state index contributed by atoms with van der Waals surface area (Å²) in [4.78, 5) is 11.1. The van der Waals surface area contributed by atoms with E-state index in [0.717, 1.165) is 4.31 Å². The molecule has 114 valence electrons. The van der Waals surface area contributed by atoms with Crippen LogP contribution in [0.4, 0.5) is 0 Å². The molecule has 1 rings (SSSR count). The van der Waals surface area contributed by atoms with Crippen molar-refractivity contribution in [2.24, 2.45) is 5.73 Å². The van der Waals surface area contributed by atoms with Gasteiger partial charge < -0.3 is 10.8 Å². The van der Waals surface area contributed by atoms with Crippen LogP contribution in [0.25, 0.3) is 0 Å². The molecule has 0 bridgehead atoms. The average Bonchev–Trinajstić information content (AvgIpc) is 2.42. The molecule has 0 spiro atoms. The Balaban J connectivity index is 3.13. The summed E-state index contributed by atoms with van der Waals surface area (Å²) in [6, 6.07) is 5.51. The number of benzene rings is 1. The molecular formula is C14H18N2O4S. The fourth-order valence-electron chi connectivity index (χ4n) is 1.69. The average molecular weight is 310 g/mol.